The first-order chi connectivity index (χ1) is 10.1. The first kappa shape index (κ1) is 14.5. The van der Waals surface area contributed by atoms with Crippen LogP contribution in [0.4, 0.5) is 0 Å². The molecule has 0 saturated heterocycles. The van der Waals surface area contributed by atoms with Crippen LogP contribution in [0, 0.1) is 5.92 Å². The number of carbonyl (C=O) groups is 1. The second kappa shape index (κ2) is 5.76. The van der Waals surface area contributed by atoms with Crippen molar-refractivity contribution in [1.82, 2.24) is 14.9 Å². The normalized spacial score (nSPS) is 21.3. The van der Waals surface area contributed by atoms with Gasteiger partial charge in [-0.2, -0.15) is 0 Å². The fourth-order valence-electron chi connectivity index (χ4n) is 3.47. The van der Waals surface area contributed by atoms with E-state index in [2.05, 4.69) is 9.97 Å². The van der Waals surface area contributed by atoms with E-state index >= 15 is 0 Å². The highest BCUT2D eigenvalue weighted by molar-refractivity contribution is 6.28. The van der Waals surface area contributed by atoms with Crippen molar-refractivity contribution in [2.24, 2.45) is 5.92 Å². The second-order valence-corrected chi connectivity index (χ2v) is 6.26. The number of likely N-dealkylation sites (N-methyl/N-ethyl adjacent to an activating group) is 1. The van der Waals surface area contributed by atoms with Crippen molar-refractivity contribution in [3.8, 4) is 0 Å². The van der Waals surface area contributed by atoms with Crippen LogP contribution in [0.2, 0.25) is 5.28 Å². The van der Waals surface area contributed by atoms with Gasteiger partial charge in [-0.3, -0.25) is 4.79 Å². The van der Waals surface area contributed by atoms with Gasteiger partial charge in [0, 0.05) is 36.8 Å². The van der Waals surface area contributed by atoms with Crippen molar-refractivity contribution in [2.75, 3.05) is 13.6 Å². The van der Waals surface area contributed by atoms with E-state index in [0.29, 0.717) is 12.5 Å². The van der Waals surface area contributed by atoms with Gasteiger partial charge in [-0.15, -0.1) is 0 Å². The lowest BCUT2D eigenvalue weighted by molar-refractivity contribution is -0.126. The molecule has 5 heteroatoms. The van der Waals surface area contributed by atoms with Crippen LogP contribution in [-0.4, -0.2) is 34.4 Å². The Morgan fingerprint density at radius 2 is 2.14 bits per heavy atom. The van der Waals surface area contributed by atoms with Crippen LogP contribution in [0.1, 0.15) is 49.8 Å². The molecule has 1 heterocycles. The zero-order valence-electron chi connectivity index (χ0n) is 12.5. The molecule has 2 aliphatic carbocycles. The number of nitrogens with zero attached hydrogens (tertiary/aromatic N) is 3. The smallest absolute Gasteiger partial charge is 0.250 e. The quantitative estimate of drug-likeness (QED) is 0.805. The van der Waals surface area contributed by atoms with E-state index in [-0.39, 0.29) is 17.1 Å². The van der Waals surface area contributed by atoms with E-state index < -0.39 is 0 Å². The van der Waals surface area contributed by atoms with Gasteiger partial charge in [0.1, 0.15) is 0 Å². The summed E-state index contributed by atoms with van der Waals surface area (Å²) in [5.41, 5.74) is 2.75. The molecule has 1 amide bonds. The lowest BCUT2D eigenvalue weighted by Gasteiger charge is -2.24. The fraction of sp³-hybridized carbons (Fsp3) is 0.562. The summed E-state index contributed by atoms with van der Waals surface area (Å²) in [6.45, 7) is 2.69. The number of hydrogen-bond acceptors (Lipinski definition) is 3. The summed E-state index contributed by atoms with van der Waals surface area (Å²) in [5.74, 6) is 0.686. The summed E-state index contributed by atoms with van der Waals surface area (Å²) in [6, 6.07) is 0. The van der Waals surface area contributed by atoms with Crippen molar-refractivity contribution < 1.29 is 4.79 Å². The topological polar surface area (TPSA) is 46.1 Å². The maximum absolute atomic E-state index is 12.7. The zero-order chi connectivity index (χ0) is 15.0. The SMILES string of the molecule is CCN(C)C(=O)C1=Cc2cnc(Cl)nc2C1C1CCCC1. The fourth-order valence-corrected chi connectivity index (χ4v) is 3.61. The number of amides is 1. The molecule has 2 aliphatic rings. The van der Waals surface area contributed by atoms with E-state index in [1.807, 2.05) is 20.0 Å². The van der Waals surface area contributed by atoms with Crippen molar-refractivity contribution in [3.63, 3.8) is 0 Å². The van der Waals surface area contributed by atoms with E-state index in [4.69, 9.17) is 11.6 Å². The van der Waals surface area contributed by atoms with Gasteiger partial charge in [-0.1, -0.05) is 12.8 Å². The number of rotatable bonds is 3. The van der Waals surface area contributed by atoms with Gasteiger partial charge >= 0.3 is 0 Å². The van der Waals surface area contributed by atoms with Crippen LogP contribution in [0.5, 0.6) is 0 Å². The minimum atomic E-state index is 0.0875. The molecule has 1 fully saturated rings. The molecule has 0 aliphatic heterocycles. The van der Waals surface area contributed by atoms with Crippen LogP contribution < -0.4 is 0 Å². The molecule has 0 aromatic carbocycles. The Morgan fingerprint density at radius 1 is 1.43 bits per heavy atom. The third kappa shape index (κ3) is 2.57. The highest BCUT2D eigenvalue weighted by Gasteiger charge is 2.39. The van der Waals surface area contributed by atoms with Gasteiger partial charge in [-0.25, -0.2) is 9.97 Å². The van der Waals surface area contributed by atoms with Crippen LogP contribution in [0.3, 0.4) is 0 Å². The number of fused-ring (bicyclic) bond motifs is 1. The van der Waals surface area contributed by atoms with Crippen LogP contribution in [-0.2, 0) is 4.79 Å². The van der Waals surface area contributed by atoms with E-state index in [0.717, 1.165) is 29.7 Å². The summed E-state index contributed by atoms with van der Waals surface area (Å²) in [4.78, 5) is 22.9. The summed E-state index contributed by atoms with van der Waals surface area (Å²) in [7, 11) is 1.84. The Balaban J connectivity index is 2.00. The predicted molar refractivity (Wildman–Crippen MR) is 83.0 cm³/mol. The van der Waals surface area contributed by atoms with Crippen LogP contribution in [0.25, 0.3) is 6.08 Å². The van der Waals surface area contributed by atoms with Crippen LogP contribution in [0.15, 0.2) is 11.8 Å². The monoisotopic (exact) mass is 305 g/mol. The molecule has 3 rings (SSSR count). The maximum Gasteiger partial charge on any atom is 0.250 e. The molecule has 4 nitrogen and oxygen atoms in total. The average Bonchev–Trinajstić information content (AvgIpc) is 3.11. The highest BCUT2D eigenvalue weighted by Crippen LogP contribution is 2.46. The molecule has 1 unspecified atom stereocenters. The number of aromatic nitrogens is 2. The van der Waals surface area contributed by atoms with Gasteiger partial charge in [-0.05, 0) is 43.4 Å². The van der Waals surface area contributed by atoms with Gasteiger partial charge in [0.2, 0.25) is 11.2 Å². The first-order valence-corrected chi connectivity index (χ1v) is 7.99. The van der Waals surface area contributed by atoms with Gasteiger partial charge in [0.25, 0.3) is 0 Å². The Kier molecular flexibility index (Phi) is 3.98. The largest absolute Gasteiger partial charge is 0.342 e. The molecule has 112 valence electrons. The van der Waals surface area contributed by atoms with Crippen LogP contribution >= 0.6 is 11.6 Å². The molecule has 0 radical (unpaired) electrons. The molecule has 1 saturated carbocycles. The van der Waals surface area contributed by atoms with Gasteiger partial charge < -0.3 is 4.90 Å². The van der Waals surface area contributed by atoms with E-state index in [1.54, 1.807) is 11.1 Å². The molecule has 1 aromatic heterocycles. The zero-order valence-corrected chi connectivity index (χ0v) is 13.2. The third-order valence-corrected chi connectivity index (χ3v) is 4.88. The summed E-state index contributed by atoms with van der Waals surface area (Å²) in [5, 5.41) is 0.266. The average molecular weight is 306 g/mol. The van der Waals surface area contributed by atoms with Crippen molar-refractivity contribution >= 4 is 23.6 Å². The van der Waals surface area contributed by atoms with Gasteiger partial charge in [0.05, 0.1) is 5.69 Å². The Bertz CT molecular complexity index is 593. The molecular weight excluding hydrogens is 286 g/mol. The summed E-state index contributed by atoms with van der Waals surface area (Å²) >= 11 is 5.97. The molecule has 0 N–H and O–H groups in total. The minimum absolute atomic E-state index is 0.0875. The Hall–Kier alpha value is -1.42. The number of halogens is 1. The Morgan fingerprint density at radius 3 is 2.81 bits per heavy atom. The highest BCUT2D eigenvalue weighted by atomic mass is 35.5. The summed E-state index contributed by atoms with van der Waals surface area (Å²) in [6.07, 6.45) is 8.49. The molecule has 0 bridgehead atoms. The van der Waals surface area contributed by atoms with Crippen molar-refractivity contribution in [1.29, 1.82) is 0 Å². The molecule has 1 atom stereocenters. The van der Waals surface area contributed by atoms with E-state index in [9.17, 15) is 4.79 Å². The molecule has 0 spiro atoms. The maximum atomic E-state index is 12.7. The van der Waals surface area contributed by atoms with Gasteiger partial charge in [0.15, 0.2) is 0 Å². The Labute approximate surface area is 130 Å². The number of carbonyl (C=O) groups excluding carboxylic acids is 1. The lowest BCUT2D eigenvalue weighted by atomic mass is 9.84. The summed E-state index contributed by atoms with van der Waals surface area (Å²) < 4.78 is 0. The van der Waals surface area contributed by atoms with Crippen molar-refractivity contribution in [3.05, 3.63) is 28.3 Å². The minimum Gasteiger partial charge on any atom is -0.342 e. The van der Waals surface area contributed by atoms with E-state index in [1.165, 1.54) is 12.8 Å². The standard InChI is InChI=1S/C16H20ClN3O/c1-3-20(2)15(21)12-8-11-9-18-16(17)19-14(11)13(12)10-6-4-5-7-10/h8-10,13H,3-7H2,1-2H3. The molecule has 1 aromatic rings. The third-order valence-electron chi connectivity index (χ3n) is 4.70. The predicted octanol–water partition coefficient (Wildman–Crippen LogP) is 3.28. The molecular formula is C16H20ClN3O. The lowest BCUT2D eigenvalue weighted by Crippen LogP contribution is -2.30. The van der Waals surface area contributed by atoms with Crippen molar-refractivity contribution in [2.45, 2.75) is 38.5 Å². The molecule has 21 heavy (non-hydrogen) atoms. The first-order valence-electron chi connectivity index (χ1n) is 7.61. The second-order valence-electron chi connectivity index (χ2n) is 5.92. The number of hydrogen-bond donors (Lipinski definition) is 0.